The van der Waals surface area contributed by atoms with Crippen LogP contribution in [0, 0.1) is 5.41 Å². The Kier molecular flexibility index (Phi) is 4.32. The third-order valence-electron chi connectivity index (χ3n) is 2.82. The average Bonchev–Trinajstić information content (AvgIpc) is 2.55. The summed E-state index contributed by atoms with van der Waals surface area (Å²) in [5.74, 6) is 0. The maximum absolute atomic E-state index is 12.7. The highest BCUT2D eigenvalue weighted by atomic mass is 19.1. The molecule has 1 rings (SSSR count). The summed E-state index contributed by atoms with van der Waals surface area (Å²) in [6.07, 6.45) is 2.55. The van der Waals surface area contributed by atoms with E-state index in [1.165, 1.54) is 0 Å². The van der Waals surface area contributed by atoms with Crippen molar-refractivity contribution in [3.63, 3.8) is 0 Å². The van der Waals surface area contributed by atoms with Gasteiger partial charge in [0.15, 0.2) is 0 Å². The molecule has 3 heteroatoms. The third kappa shape index (κ3) is 3.54. The Bertz CT molecular complexity index is 161. The van der Waals surface area contributed by atoms with Crippen molar-refractivity contribution in [1.82, 2.24) is 5.32 Å². The molecule has 0 spiro atoms. The molecule has 14 heavy (non-hydrogen) atoms. The molecule has 84 valence electrons. The van der Waals surface area contributed by atoms with Gasteiger partial charge in [0.25, 0.3) is 0 Å². The molecular formula is C11H22FNO. The molecule has 1 saturated heterocycles. The fourth-order valence-electron chi connectivity index (χ4n) is 1.67. The van der Waals surface area contributed by atoms with Crippen molar-refractivity contribution in [1.29, 1.82) is 0 Å². The maximum Gasteiger partial charge on any atom is 0.105 e. The van der Waals surface area contributed by atoms with Crippen molar-refractivity contribution in [3.8, 4) is 0 Å². The van der Waals surface area contributed by atoms with Gasteiger partial charge in [0, 0.05) is 19.2 Å². The molecule has 2 nitrogen and oxygen atoms in total. The fourth-order valence-corrected chi connectivity index (χ4v) is 1.67. The van der Waals surface area contributed by atoms with Crippen LogP contribution in [0.1, 0.15) is 33.6 Å². The summed E-state index contributed by atoms with van der Waals surface area (Å²) in [7, 11) is 0. The fraction of sp³-hybridized carbons (Fsp3) is 1.00. The normalized spacial score (nSPS) is 25.3. The number of rotatable bonds is 4. The van der Waals surface area contributed by atoms with Crippen LogP contribution in [-0.2, 0) is 4.74 Å². The lowest BCUT2D eigenvalue weighted by Crippen LogP contribution is -2.45. The topological polar surface area (TPSA) is 21.3 Å². The van der Waals surface area contributed by atoms with Gasteiger partial charge < -0.3 is 10.1 Å². The van der Waals surface area contributed by atoms with Gasteiger partial charge in [-0.05, 0) is 18.3 Å². The Balaban J connectivity index is 2.26. The Morgan fingerprint density at radius 2 is 2.21 bits per heavy atom. The van der Waals surface area contributed by atoms with Gasteiger partial charge in [0.2, 0.25) is 0 Å². The summed E-state index contributed by atoms with van der Waals surface area (Å²) < 4.78 is 18.2. The molecule has 0 amide bonds. The van der Waals surface area contributed by atoms with Crippen LogP contribution in [0.3, 0.4) is 0 Å². The first-order valence-corrected chi connectivity index (χ1v) is 5.45. The molecule has 0 radical (unpaired) electrons. The van der Waals surface area contributed by atoms with Crippen molar-refractivity contribution in [3.05, 3.63) is 0 Å². The zero-order chi connectivity index (χ0) is 10.6. The van der Waals surface area contributed by atoms with E-state index < -0.39 is 0 Å². The molecule has 0 aromatic carbocycles. The van der Waals surface area contributed by atoms with E-state index in [9.17, 15) is 4.39 Å². The van der Waals surface area contributed by atoms with Crippen LogP contribution in [0.15, 0.2) is 0 Å². The minimum absolute atomic E-state index is 0.0205. The summed E-state index contributed by atoms with van der Waals surface area (Å²) in [6.45, 7) is 7.50. The van der Waals surface area contributed by atoms with Crippen LogP contribution in [0.4, 0.5) is 4.39 Å². The number of nitrogens with one attached hydrogen (secondary N) is 1. The number of alkyl halides is 1. The van der Waals surface area contributed by atoms with Gasteiger partial charge in [-0.1, -0.05) is 20.8 Å². The number of hydrogen-bond acceptors (Lipinski definition) is 2. The molecule has 1 aliphatic rings. The molecule has 0 aliphatic carbocycles. The summed E-state index contributed by atoms with van der Waals surface area (Å²) in [6, 6.07) is -0.0632. The highest BCUT2D eigenvalue weighted by Gasteiger charge is 2.25. The van der Waals surface area contributed by atoms with Crippen molar-refractivity contribution in [2.75, 3.05) is 19.8 Å². The molecule has 0 aromatic rings. The lowest BCUT2D eigenvalue weighted by molar-refractivity contribution is 0.0981. The second-order valence-electron chi connectivity index (χ2n) is 5.12. The van der Waals surface area contributed by atoms with Crippen LogP contribution < -0.4 is 5.32 Å². The highest BCUT2D eigenvalue weighted by Crippen LogP contribution is 2.20. The first-order chi connectivity index (χ1) is 6.54. The van der Waals surface area contributed by atoms with Gasteiger partial charge in [-0.3, -0.25) is 0 Å². The molecule has 1 heterocycles. The first kappa shape index (κ1) is 11.9. The zero-order valence-electron chi connectivity index (χ0n) is 9.48. The van der Waals surface area contributed by atoms with Crippen LogP contribution in [0.5, 0.6) is 0 Å². The van der Waals surface area contributed by atoms with Gasteiger partial charge in [0.1, 0.15) is 6.67 Å². The molecule has 1 aliphatic heterocycles. The van der Waals surface area contributed by atoms with E-state index in [-0.39, 0.29) is 18.1 Å². The predicted octanol–water partition coefficient (Wildman–Crippen LogP) is 2.14. The Hall–Kier alpha value is -0.150. The highest BCUT2D eigenvalue weighted by molar-refractivity contribution is 4.81. The van der Waals surface area contributed by atoms with E-state index in [1.54, 1.807) is 0 Å². The van der Waals surface area contributed by atoms with E-state index >= 15 is 0 Å². The zero-order valence-corrected chi connectivity index (χ0v) is 9.48. The molecule has 1 N–H and O–H groups in total. The van der Waals surface area contributed by atoms with E-state index in [0.29, 0.717) is 6.10 Å². The largest absolute Gasteiger partial charge is 0.377 e. The second kappa shape index (κ2) is 5.08. The van der Waals surface area contributed by atoms with Crippen molar-refractivity contribution in [2.45, 2.75) is 45.8 Å². The standard InChI is InChI=1S/C11H22FNO/c1-11(2,3)10(7-12)13-8-9-5-4-6-14-9/h9-10,13H,4-8H2,1-3H3. The number of ether oxygens (including phenoxy) is 1. The van der Waals surface area contributed by atoms with Crippen LogP contribution in [0.25, 0.3) is 0 Å². The van der Waals surface area contributed by atoms with Crippen molar-refractivity contribution < 1.29 is 9.13 Å². The predicted molar refractivity (Wildman–Crippen MR) is 56.2 cm³/mol. The smallest absolute Gasteiger partial charge is 0.105 e. The lowest BCUT2D eigenvalue weighted by Gasteiger charge is -2.30. The molecular weight excluding hydrogens is 181 g/mol. The van der Waals surface area contributed by atoms with Crippen LogP contribution in [-0.4, -0.2) is 32.0 Å². The molecule has 0 aromatic heterocycles. The maximum atomic E-state index is 12.7. The van der Waals surface area contributed by atoms with Crippen LogP contribution in [0.2, 0.25) is 0 Å². The summed E-state index contributed by atoms with van der Waals surface area (Å²) >= 11 is 0. The van der Waals surface area contributed by atoms with Gasteiger partial charge in [-0.15, -0.1) is 0 Å². The van der Waals surface area contributed by atoms with E-state index in [4.69, 9.17) is 4.74 Å². The summed E-state index contributed by atoms with van der Waals surface area (Å²) in [5.41, 5.74) is -0.0205. The van der Waals surface area contributed by atoms with Gasteiger partial charge >= 0.3 is 0 Å². The minimum Gasteiger partial charge on any atom is -0.377 e. The molecule has 0 saturated carbocycles. The number of halogens is 1. The van der Waals surface area contributed by atoms with Gasteiger partial charge in [-0.2, -0.15) is 0 Å². The van der Waals surface area contributed by atoms with Gasteiger partial charge in [-0.25, -0.2) is 4.39 Å². The Labute approximate surface area is 86.2 Å². The number of hydrogen-bond donors (Lipinski definition) is 1. The van der Waals surface area contributed by atoms with E-state index in [2.05, 4.69) is 26.1 Å². The second-order valence-corrected chi connectivity index (χ2v) is 5.12. The van der Waals surface area contributed by atoms with Crippen molar-refractivity contribution in [2.24, 2.45) is 5.41 Å². The quantitative estimate of drug-likeness (QED) is 0.756. The monoisotopic (exact) mass is 203 g/mol. The molecule has 0 bridgehead atoms. The van der Waals surface area contributed by atoms with E-state index in [1.807, 2.05) is 0 Å². The average molecular weight is 203 g/mol. The minimum atomic E-state index is -0.309. The summed E-state index contributed by atoms with van der Waals surface area (Å²) in [4.78, 5) is 0. The van der Waals surface area contributed by atoms with Crippen LogP contribution >= 0.6 is 0 Å². The first-order valence-electron chi connectivity index (χ1n) is 5.45. The molecule has 2 atom stereocenters. The third-order valence-corrected chi connectivity index (χ3v) is 2.82. The molecule has 1 fully saturated rings. The Morgan fingerprint density at radius 1 is 1.50 bits per heavy atom. The lowest BCUT2D eigenvalue weighted by atomic mass is 9.87. The Morgan fingerprint density at radius 3 is 2.64 bits per heavy atom. The van der Waals surface area contributed by atoms with Crippen molar-refractivity contribution >= 4 is 0 Å². The SMILES string of the molecule is CC(C)(C)C(CF)NCC1CCCO1. The van der Waals surface area contributed by atoms with Gasteiger partial charge in [0.05, 0.1) is 6.10 Å². The van der Waals surface area contributed by atoms with E-state index in [0.717, 1.165) is 26.0 Å². The summed E-state index contributed by atoms with van der Waals surface area (Å²) in [5, 5.41) is 3.25. The molecule has 2 unspecified atom stereocenters.